The minimum absolute atomic E-state index is 0.0417. The molecule has 1 fully saturated rings. The molecule has 8 heteroatoms. The van der Waals surface area contributed by atoms with Crippen LogP contribution in [0.2, 0.25) is 0 Å². The fraction of sp³-hybridized carbons (Fsp3) is 0.368. The van der Waals surface area contributed by atoms with E-state index >= 15 is 0 Å². The van der Waals surface area contributed by atoms with E-state index < -0.39 is 0 Å². The van der Waals surface area contributed by atoms with Crippen molar-refractivity contribution in [2.24, 2.45) is 7.05 Å². The van der Waals surface area contributed by atoms with Gasteiger partial charge in [-0.05, 0) is 31.0 Å². The summed E-state index contributed by atoms with van der Waals surface area (Å²) in [4.78, 5) is 20.8. The number of nitriles is 1. The number of nitrogens with zero attached hydrogens (tertiary/aromatic N) is 7. The highest BCUT2D eigenvalue weighted by molar-refractivity contribution is 5.93. The molecule has 1 aliphatic heterocycles. The Balaban J connectivity index is 1.63. The average Bonchev–Trinajstić information content (AvgIpc) is 3.37. The maximum Gasteiger partial charge on any atom is 0.272 e. The van der Waals surface area contributed by atoms with Gasteiger partial charge in [0, 0.05) is 45.1 Å². The number of carbonyl (C=O) groups excluding carboxylic acids is 1. The molecule has 27 heavy (non-hydrogen) atoms. The molecule has 1 saturated heterocycles. The van der Waals surface area contributed by atoms with Gasteiger partial charge >= 0.3 is 0 Å². The van der Waals surface area contributed by atoms with E-state index in [9.17, 15) is 4.79 Å². The maximum atomic E-state index is 13.0. The number of aromatic nitrogens is 4. The standard InChI is InChI=1S/C19H21N7O/c1-13-16(11-23(2)22-13)14-4-7-26-17(9-21-18(26)8-14)19(27)24(3)15-5-6-25(10-15)12-20/h4,7-9,11,15H,5-6,10H2,1-3H3/t15-/m1/s1. The molecule has 0 unspecified atom stereocenters. The number of imidazole rings is 1. The lowest BCUT2D eigenvalue weighted by molar-refractivity contribution is 0.0732. The van der Waals surface area contributed by atoms with E-state index in [0.717, 1.165) is 28.9 Å². The van der Waals surface area contributed by atoms with E-state index in [2.05, 4.69) is 16.3 Å². The smallest absolute Gasteiger partial charge is 0.272 e. The summed E-state index contributed by atoms with van der Waals surface area (Å²) < 4.78 is 3.60. The molecular formula is C19H21N7O. The van der Waals surface area contributed by atoms with Crippen molar-refractivity contribution in [1.29, 1.82) is 5.26 Å². The summed E-state index contributed by atoms with van der Waals surface area (Å²) >= 11 is 0. The van der Waals surface area contributed by atoms with Crippen molar-refractivity contribution in [3.05, 3.63) is 42.1 Å². The minimum atomic E-state index is -0.0856. The van der Waals surface area contributed by atoms with E-state index in [0.29, 0.717) is 18.8 Å². The molecule has 0 N–H and O–H groups in total. The molecule has 1 atom stereocenters. The number of carbonyl (C=O) groups is 1. The fourth-order valence-corrected chi connectivity index (χ4v) is 3.68. The van der Waals surface area contributed by atoms with Gasteiger partial charge in [-0.1, -0.05) is 0 Å². The second-order valence-electron chi connectivity index (χ2n) is 6.99. The highest BCUT2D eigenvalue weighted by Gasteiger charge is 2.29. The van der Waals surface area contributed by atoms with Crippen molar-refractivity contribution in [2.75, 3.05) is 20.1 Å². The summed E-state index contributed by atoms with van der Waals surface area (Å²) in [5, 5.41) is 13.4. The van der Waals surface area contributed by atoms with Crippen LogP contribution in [0.3, 0.4) is 0 Å². The molecule has 4 rings (SSSR count). The molecule has 8 nitrogen and oxygen atoms in total. The number of rotatable bonds is 3. The quantitative estimate of drug-likeness (QED) is 0.661. The first kappa shape index (κ1) is 17.1. The number of aryl methyl sites for hydroxylation is 2. The average molecular weight is 363 g/mol. The Morgan fingerprint density at radius 3 is 2.93 bits per heavy atom. The maximum absolute atomic E-state index is 13.0. The SMILES string of the molecule is Cc1nn(C)cc1-c1ccn2c(C(=O)N(C)[C@@H]3CCN(C#N)C3)cnc2c1. The molecule has 0 aliphatic carbocycles. The van der Waals surface area contributed by atoms with Crippen molar-refractivity contribution in [3.63, 3.8) is 0 Å². The third-order valence-electron chi connectivity index (χ3n) is 5.23. The number of likely N-dealkylation sites (N-methyl/N-ethyl adjacent to an activating group) is 1. The van der Waals surface area contributed by atoms with Crippen LogP contribution >= 0.6 is 0 Å². The van der Waals surface area contributed by atoms with Crippen molar-refractivity contribution >= 4 is 11.6 Å². The third-order valence-corrected chi connectivity index (χ3v) is 5.23. The lowest BCUT2D eigenvalue weighted by atomic mass is 10.1. The highest BCUT2D eigenvalue weighted by atomic mass is 16.2. The predicted molar refractivity (Wildman–Crippen MR) is 99.8 cm³/mol. The Kier molecular flexibility index (Phi) is 4.07. The Morgan fingerprint density at radius 2 is 2.26 bits per heavy atom. The van der Waals surface area contributed by atoms with Crippen LogP contribution in [-0.4, -0.2) is 61.1 Å². The van der Waals surface area contributed by atoms with Gasteiger partial charge in [-0.15, -0.1) is 0 Å². The number of hydrogen-bond donors (Lipinski definition) is 0. The summed E-state index contributed by atoms with van der Waals surface area (Å²) in [7, 11) is 3.69. The van der Waals surface area contributed by atoms with Crippen molar-refractivity contribution in [2.45, 2.75) is 19.4 Å². The van der Waals surface area contributed by atoms with Gasteiger partial charge in [-0.25, -0.2) is 4.98 Å². The molecule has 138 valence electrons. The van der Waals surface area contributed by atoms with E-state index in [4.69, 9.17) is 5.26 Å². The van der Waals surface area contributed by atoms with Crippen molar-refractivity contribution in [3.8, 4) is 17.3 Å². The normalized spacial score (nSPS) is 16.7. The number of pyridine rings is 1. The van der Waals surface area contributed by atoms with Crippen LogP contribution in [-0.2, 0) is 7.05 Å². The van der Waals surface area contributed by atoms with E-state index in [1.807, 2.05) is 42.9 Å². The van der Waals surface area contributed by atoms with Crippen LogP contribution in [0.4, 0.5) is 0 Å². The van der Waals surface area contributed by atoms with Crippen molar-refractivity contribution in [1.82, 2.24) is 29.0 Å². The summed E-state index contributed by atoms with van der Waals surface area (Å²) in [6.07, 6.45) is 8.42. The Labute approximate surface area is 157 Å². The number of amides is 1. The fourth-order valence-electron chi connectivity index (χ4n) is 3.68. The zero-order valence-electron chi connectivity index (χ0n) is 15.6. The van der Waals surface area contributed by atoms with Gasteiger partial charge in [-0.2, -0.15) is 10.4 Å². The Hall–Kier alpha value is -3.34. The number of fused-ring (bicyclic) bond motifs is 1. The van der Waals surface area contributed by atoms with Crippen LogP contribution in [0.1, 0.15) is 22.6 Å². The van der Waals surface area contributed by atoms with Crippen LogP contribution in [0.25, 0.3) is 16.8 Å². The van der Waals surface area contributed by atoms with E-state index in [-0.39, 0.29) is 11.9 Å². The van der Waals surface area contributed by atoms with Crippen LogP contribution in [0, 0.1) is 18.4 Å². The second-order valence-corrected chi connectivity index (χ2v) is 6.99. The van der Waals surface area contributed by atoms with Gasteiger partial charge in [0.25, 0.3) is 5.91 Å². The first-order valence-electron chi connectivity index (χ1n) is 8.87. The van der Waals surface area contributed by atoms with E-state index in [1.165, 1.54) is 0 Å². The summed E-state index contributed by atoms with van der Waals surface area (Å²) in [5.41, 5.74) is 4.27. The van der Waals surface area contributed by atoms with Crippen LogP contribution < -0.4 is 0 Å². The summed E-state index contributed by atoms with van der Waals surface area (Å²) in [6.45, 7) is 3.25. The topological polar surface area (TPSA) is 82.5 Å². The van der Waals surface area contributed by atoms with Gasteiger partial charge < -0.3 is 9.80 Å². The summed E-state index contributed by atoms with van der Waals surface area (Å²) in [5.74, 6) is -0.0856. The molecule has 1 aliphatic rings. The van der Waals surface area contributed by atoms with Crippen LogP contribution in [0.15, 0.2) is 30.7 Å². The molecule has 0 spiro atoms. The molecule has 3 aromatic heterocycles. The summed E-state index contributed by atoms with van der Waals surface area (Å²) in [6, 6.07) is 3.98. The van der Waals surface area contributed by atoms with E-state index in [1.54, 1.807) is 27.7 Å². The van der Waals surface area contributed by atoms with Gasteiger partial charge in [0.05, 0.1) is 17.9 Å². The number of likely N-dealkylation sites (tertiary alicyclic amines) is 1. The first-order valence-corrected chi connectivity index (χ1v) is 8.87. The van der Waals surface area contributed by atoms with Crippen LogP contribution in [0.5, 0.6) is 0 Å². The third kappa shape index (κ3) is 2.91. The highest BCUT2D eigenvalue weighted by Crippen LogP contribution is 2.24. The first-order chi connectivity index (χ1) is 13.0. The Morgan fingerprint density at radius 1 is 1.44 bits per heavy atom. The zero-order valence-corrected chi connectivity index (χ0v) is 15.6. The molecule has 1 amide bonds. The lowest BCUT2D eigenvalue weighted by Crippen LogP contribution is -2.39. The molecular weight excluding hydrogens is 342 g/mol. The lowest BCUT2D eigenvalue weighted by Gasteiger charge is -2.23. The number of hydrogen-bond acceptors (Lipinski definition) is 5. The predicted octanol–water partition coefficient (Wildman–Crippen LogP) is 1.67. The molecule has 4 heterocycles. The largest absolute Gasteiger partial charge is 0.336 e. The molecule has 3 aromatic rings. The second kappa shape index (κ2) is 6.43. The zero-order chi connectivity index (χ0) is 19.1. The molecule has 0 aromatic carbocycles. The molecule has 0 radical (unpaired) electrons. The molecule has 0 bridgehead atoms. The minimum Gasteiger partial charge on any atom is -0.336 e. The van der Waals surface area contributed by atoms with Crippen molar-refractivity contribution < 1.29 is 4.79 Å². The van der Waals surface area contributed by atoms with Gasteiger partial charge in [0.1, 0.15) is 11.3 Å². The molecule has 0 saturated carbocycles. The Bertz CT molecular complexity index is 1060. The van der Waals surface area contributed by atoms with Gasteiger partial charge in [0.15, 0.2) is 6.19 Å². The monoisotopic (exact) mass is 363 g/mol. The van der Waals surface area contributed by atoms with Gasteiger partial charge in [0.2, 0.25) is 0 Å². The van der Waals surface area contributed by atoms with Gasteiger partial charge in [-0.3, -0.25) is 13.9 Å².